The highest BCUT2D eigenvalue weighted by atomic mass is 35.5. The normalized spacial score (nSPS) is 12.0. The first kappa shape index (κ1) is 16.7. The van der Waals surface area contributed by atoms with Crippen molar-refractivity contribution >= 4 is 29.0 Å². The van der Waals surface area contributed by atoms with Gasteiger partial charge in [0, 0.05) is 29.1 Å². The molecule has 2 aromatic rings. The van der Waals surface area contributed by atoms with Gasteiger partial charge in [-0.25, -0.2) is 9.78 Å². The molecule has 0 saturated heterocycles. The number of aliphatic hydroxyl groups is 1. The molecule has 0 radical (unpaired) electrons. The highest BCUT2D eigenvalue weighted by Crippen LogP contribution is 2.16. The number of hydrogen-bond donors (Lipinski definition) is 3. The number of aromatic nitrogens is 1. The molecule has 1 heterocycles. The van der Waals surface area contributed by atoms with Crippen molar-refractivity contribution < 1.29 is 9.90 Å². The zero-order chi connectivity index (χ0) is 15.9. The van der Waals surface area contributed by atoms with Crippen molar-refractivity contribution in [3.05, 3.63) is 50.9 Å². The Bertz CT molecular complexity index is 616. The number of rotatable bonds is 6. The van der Waals surface area contributed by atoms with Crippen LogP contribution in [0.25, 0.3) is 0 Å². The van der Waals surface area contributed by atoms with E-state index < -0.39 is 6.04 Å². The van der Waals surface area contributed by atoms with Crippen molar-refractivity contribution in [1.29, 1.82) is 0 Å². The van der Waals surface area contributed by atoms with Crippen LogP contribution in [0.3, 0.4) is 0 Å². The summed E-state index contributed by atoms with van der Waals surface area (Å²) >= 11 is 7.45. The predicted molar refractivity (Wildman–Crippen MR) is 88.4 cm³/mol. The molecular weight excluding hydrogens is 322 g/mol. The summed E-state index contributed by atoms with van der Waals surface area (Å²) in [6.45, 7) is 2.32. The van der Waals surface area contributed by atoms with Crippen molar-refractivity contribution in [2.24, 2.45) is 0 Å². The molecule has 2 amide bonds. The minimum absolute atomic E-state index is 0.180. The van der Waals surface area contributed by atoms with Gasteiger partial charge in [0.2, 0.25) is 0 Å². The third-order valence-corrected chi connectivity index (χ3v) is 4.28. The number of aliphatic hydroxyl groups excluding tert-OH is 1. The Kier molecular flexibility index (Phi) is 6.18. The van der Waals surface area contributed by atoms with Crippen LogP contribution in [0, 0.1) is 6.92 Å². The summed E-state index contributed by atoms with van der Waals surface area (Å²) in [5, 5.41) is 16.5. The van der Waals surface area contributed by atoms with Gasteiger partial charge in [-0.05, 0) is 24.6 Å². The standard InChI is InChI=1S/C15H18ClN3O2S/c1-10-8-18-14(22-10)6-7-17-15(21)19-13(9-20)11-2-4-12(16)5-3-11/h2-5,8,13,20H,6-7,9H2,1H3,(H2,17,19,21). The summed E-state index contributed by atoms with van der Waals surface area (Å²) in [4.78, 5) is 17.3. The molecule has 1 unspecified atom stereocenters. The second-order valence-electron chi connectivity index (χ2n) is 4.80. The zero-order valence-electron chi connectivity index (χ0n) is 12.2. The quantitative estimate of drug-likeness (QED) is 0.757. The summed E-state index contributed by atoms with van der Waals surface area (Å²) < 4.78 is 0. The first-order chi connectivity index (χ1) is 10.6. The first-order valence-electron chi connectivity index (χ1n) is 6.90. The Morgan fingerprint density at radius 2 is 2.14 bits per heavy atom. The molecule has 3 N–H and O–H groups in total. The Labute approximate surface area is 138 Å². The Morgan fingerprint density at radius 1 is 1.41 bits per heavy atom. The van der Waals surface area contributed by atoms with E-state index >= 15 is 0 Å². The molecule has 22 heavy (non-hydrogen) atoms. The van der Waals surface area contributed by atoms with E-state index in [4.69, 9.17) is 11.6 Å². The van der Waals surface area contributed by atoms with Crippen molar-refractivity contribution in [2.45, 2.75) is 19.4 Å². The topological polar surface area (TPSA) is 74.2 Å². The van der Waals surface area contributed by atoms with E-state index in [0.29, 0.717) is 18.0 Å². The van der Waals surface area contributed by atoms with Crippen LogP contribution < -0.4 is 10.6 Å². The van der Waals surface area contributed by atoms with Gasteiger partial charge in [0.25, 0.3) is 0 Å². The van der Waals surface area contributed by atoms with Gasteiger partial charge in [-0.3, -0.25) is 0 Å². The number of thiazole rings is 1. The molecule has 0 bridgehead atoms. The minimum atomic E-state index is -0.459. The fourth-order valence-electron chi connectivity index (χ4n) is 1.94. The maximum absolute atomic E-state index is 11.9. The highest BCUT2D eigenvalue weighted by molar-refractivity contribution is 7.11. The molecule has 2 rings (SSSR count). The number of urea groups is 1. The summed E-state index contributed by atoms with van der Waals surface area (Å²) in [6, 6.07) is 6.24. The molecule has 0 aliphatic carbocycles. The van der Waals surface area contributed by atoms with Crippen LogP contribution in [-0.2, 0) is 6.42 Å². The first-order valence-corrected chi connectivity index (χ1v) is 8.10. The number of nitrogens with one attached hydrogen (secondary N) is 2. The molecule has 0 spiro atoms. The number of benzene rings is 1. The summed E-state index contributed by atoms with van der Waals surface area (Å²) in [6.07, 6.45) is 2.51. The lowest BCUT2D eigenvalue weighted by molar-refractivity contribution is 0.217. The van der Waals surface area contributed by atoms with Gasteiger partial charge in [-0.1, -0.05) is 23.7 Å². The van der Waals surface area contributed by atoms with Crippen LogP contribution in [0.2, 0.25) is 5.02 Å². The maximum Gasteiger partial charge on any atom is 0.315 e. The number of carbonyl (C=O) groups excluding carboxylic acids is 1. The lowest BCUT2D eigenvalue weighted by Gasteiger charge is -2.17. The predicted octanol–water partition coefficient (Wildman–Crippen LogP) is 2.68. The molecule has 1 aromatic carbocycles. The minimum Gasteiger partial charge on any atom is -0.394 e. The lowest BCUT2D eigenvalue weighted by Crippen LogP contribution is -2.40. The molecule has 5 nitrogen and oxygen atoms in total. The average molecular weight is 340 g/mol. The average Bonchev–Trinajstić information content (AvgIpc) is 2.91. The lowest BCUT2D eigenvalue weighted by atomic mass is 10.1. The van der Waals surface area contributed by atoms with Crippen LogP contribution in [0.5, 0.6) is 0 Å². The van der Waals surface area contributed by atoms with E-state index in [1.165, 1.54) is 0 Å². The Morgan fingerprint density at radius 3 is 2.73 bits per heavy atom. The largest absolute Gasteiger partial charge is 0.394 e. The van der Waals surface area contributed by atoms with Gasteiger partial charge in [-0.15, -0.1) is 11.3 Å². The van der Waals surface area contributed by atoms with Gasteiger partial charge in [0.05, 0.1) is 17.7 Å². The van der Waals surface area contributed by atoms with Crippen LogP contribution in [0.15, 0.2) is 30.5 Å². The van der Waals surface area contributed by atoms with Crippen molar-refractivity contribution in [3.63, 3.8) is 0 Å². The zero-order valence-corrected chi connectivity index (χ0v) is 13.7. The van der Waals surface area contributed by atoms with Crippen LogP contribution in [-0.4, -0.2) is 29.3 Å². The Hall–Kier alpha value is -1.63. The monoisotopic (exact) mass is 339 g/mol. The van der Waals surface area contributed by atoms with E-state index in [2.05, 4.69) is 15.6 Å². The third kappa shape index (κ3) is 4.98. The van der Waals surface area contributed by atoms with Gasteiger partial charge >= 0.3 is 6.03 Å². The summed E-state index contributed by atoms with van der Waals surface area (Å²) in [5.74, 6) is 0. The maximum atomic E-state index is 11.9. The highest BCUT2D eigenvalue weighted by Gasteiger charge is 2.13. The van der Waals surface area contributed by atoms with E-state index in [0.717, 1.165) is 15.4 Å². The molecule has 0 saturated carbocycles. The Balaban J connectivity index is 1.80. The smallest absolute Gasteiger partial charge is 0.315 e. The molecule has 1 atom stereocenters. The SMILES string of the molecule is Cc1cnc(CCNC(=O)NC(CO)c2ccc(Cl)cc2)s1. The molecular formula is C15H18ClN3O2S. The number of halogens is 1. The summed E-state index contributed by atoms with van der Waals surface area (Å²) in [5.41, 5.74) is 0.803. The molecule has 0 fully saturated rings. The second-order valence-corrected chi connectivity index (χ2v) is 6.56. The number of nitrogens with zero attached hydrogens (tertiary/aromatic N) is 1. The van der Waals surface area contributed by atoms with Crippen LogP contribution in [0.1, 0.15) is 21.5 Å². The molecule has 118 valence electrons. The molecule has 1 aromatic heterocycles. The van der Waals surface area contributed by atoms with Crippen molar-refractivity contribution in [2.75, 3.05) is 13.2 Å². The molecule has 0 aliphatic rings. The number of aryl methyl sites for hydroxylation is 1. The second kappa shape index (κ2) is 8.12. The van der Waals surface area contributed by atoms with E-state index in [9.17, 15) is 9.90 Å². The number of hydrogen-bond acceptors (Lipinski definition) is 4. The van der Waals surface area contributed by atoms with Crippen LogP contribution >= 0.6 is 22.9 Å². The third-order valence-electron chi connectivity index (χ3n) is 3.05. The number of amides is 2. The van der Waals surface area contributed by atoms with E-state index in [1.807, 2.05) is 13.1 Å². The van der Waals surface area contributed by atoms with Gasteiger partial charge < -0.3 is 15.7 Å². The fourth-order valence-corrected chi connectivity index (χ4v) is 2.85. The van der Waals surface area contributed by atoms with E-state index in [1.54, 1.807) is 35.6 Å². The van der Waals surface area contributed by atoms with Gasteiger partial charge in [-0.2, -0.15) is 0 Å². The van der Waals surface area contributed by atoms with Gasteiger partial charge in [0.15, 0.2) is 0 Å². The molecule has 7 heteroatoms. The van der Waals surface area contributed by atoms with E-state index in [-0.39, 0.29) is 12.6 Å². The van der Waals surface area contributed by atoms with Crippen molar-refractivity contribution in [3.8, 4) is 0 Å². The summed E-state index contributed by atoms with van der Waals surface area (Å²) in [7, 11) is 0. The van der Waals surface area contributed by atoms with Crippen LogP contribution in [0.4, 0.5) is 4.79 Å². The fraction of sp³-hybridized carbons (Fsp3) is 0.333. The van der Waals surface area contributed by atoms with Gasteiger partial charge in [0.1, 0.15) is 0 Å². The molecule has 0 aliphatic heterocycles. The van der Waals surface area contributed by atoms with Crippen molar-refractivity contribution in [1.82, 2.24) is 15.6 Å². The number of carbonyl (C=O) groups is 1.